The molecule has 1 aliphatic rings. The molecule has 1 N–H and O–H groups in total. The fourth-order valence-electron chi connectivity index (χ4n) is 3.36. The van der Waals surface area contributed by atoms with Gasteiger partial charge in [-0.3, -0.25) is 4.79 Å². The Morgan fingerprint density at radius 1 is 1.36 bits per heavy atom. The number of thiophene rings is 1. The fraction of sp³-hybridized carbons (Fsp3) is 0.500. The van der Waals surface area contributed by atoms with E-state index in [-0.39, 0.29) is 5.56 Å². The number of aryl methyl sites for hydroxylation is 3. The Morgan fingerprint density at radius 3 is 2.82 bits per heavy atom. The van der Waals surface area contributed by atoms with E-state index in [1.807, 2.05) is 6.92 Å². The number of nitriles is 1. The normalized spacial score (nSPS) is 14.5. The SMILES string of the molecule is CCc1noc(C)c1C(=O)O[C@H](C)C(=O)Nc1sc2c(c1C#N)CCCCC2. The summed E-state index contributed by atoms with van der Waals surface area (Å²) >= 11 is 1.45. The van der Waals surface area contributed by atoms with E-state index < -0.39 is 18.0 Å². The molecule has 2 aromatic heterocycles. The first-order valence-electron chi connectivity index (χ1n) is 9.47. The minimum Gasteiger partial charge on any atom is -0.449 e. The summed E-state index contributed by atoms with van der Waals surface area (Å²) in [7, 11) is 0. The summed E-state index contributed by atoms with van der Waals surface area (Å²) in [4.78, 5) is 26.2. The van der Waals surface area contributed by atoms with Crippen LogP contribution in [0.1, 0.15) is 70.9 Å². The molecule has 1 aliphatic carbocycles. The number of hydrogen-bond donors (Lipinski definition) is 1. The van der Waals surface area contributed by atoms with Crippen molar-refractivity contribution < 1.29 is 18.8 Å². The molecule has 1 amide bonds. The van der Waals surface area contributed by atoms with Gasteiger partial charge in [0.15, 0.2) is 6.10 Å². The number of hydrogen-bond acceptors (Lipinski definition) is 7. The van der Waals surface area contributed by atoms with Gasteiger partial charge in [-0.15, -0.1) is 11.3 Å². The van der Waals surface area contributed by atoms with Crippen LogP contribution in [0, 0.1) is 18.3 Å². The zero-order chi connectivity index (χ0) is 20.3. The van der Waals surface area contributed by atoms with Crippen molar-refractivity contribution in [3.8, 4) is 6.07 Å². The molecule has 0 bridgehead atoms. The van der Waals surface area contributed by atoms with Gasteiger partial charge < -0.3 is 14.6 Å². The van der Waals surface area contributed by atoms with E-state index in [1.54, 1.807) is 6.92 Å². The van der Waals surface area contributed by atoms with Gasteiger partial charge in [-0.25, -0.2) is 4.79 Å². The average molecular weight is 401 g/mol. The standard InChI is InChI=1S/C20H23N3O4S/c1-4-15-17(11(2)27-23-15)20(25)26-12(3)18(24)22-19-14(10-21)13-8-6-5-7-9-16(13)28-19/h12H,4-9H2,1-3H3,(H,22,24)/t12-/m1/s1. The lowest BCUT2D eigenvalue weighted by Crippen LogP contribution is -2.30. The summed E-state index contributed by atoms with van der Waals surface area (Å²) in [6, 6.07) is 2.23. The first-order chi connectivity index (χ1) is 13.5. The van der Waals surface area contributed by atoms with Gasteiger partial charge in [0.25, 0.3) is 5.91 Å². The summed E-state index contributed by atoms with van der Waals surface area (Å²) in [5.74, 6) is -0.739. The highest BCUT2D eigenvalue weighted by molar-refractivity contribution is 7.16. The third kappa shape index (κ3) is 3.94. The van der Waals surface area contributed by atoms with E-state index in [4.69, 9.17) is 9.26 Å². The second-order valence-corrected chi connectivity index (χ2v) is 7.94. The van der Waals surface area contributed by atoms with Crippen LogP contribution in [-0.2, 0) is 28.8 Å². The molecule has 148 valence electrons. The smallest absolute Gasteiger partial charge is 0.344 e. The van der Waals surface area contributed by atoms with Gasteiger partial charge in [-0.2, -0.15) is 5.26 Å². The molecule has 0 fully saturated rings. The molecule has 1 atom stereocenters. The summed E-state index contributed by atoms with van der Waals surface area (Å²) in [6.45, 7) is 4.99. The van der Waals surface area contributed by atoms with Crippen LogP contribution in [0.5, 0.6) is 0 Å². The van der Waals surface area contributed by atoms with Crippen LogP contribution in [0.2, 0.25) is 0 Å². The molecule has 2 aromatic rings. The van der Waals surface area contributed by atoms with Crippen LogP contribution in [0.4, 0.5) is 5.00 Å². The average Bonchev–Trinajstić information content (AvgIpc) is 3.12. The first-order valence-corrected chi connectivity index (χ1v) is 10.3. The van der Waals surface area contributed by atoms with Gasteiger partial charge >= 0.3 is 5.97 Å². The van der Waals surface area contributed by atoms with Crippen LogP contribution in [0.3, 0.4) is 0 Å². The second-order valence-electron chi connectivity index (χ2n) is 6.83. The maximum absolute atomic E-state index is 12.6. The van der Waals surface area contributed by atoms with E-state index in [1.165, 1.54) is 23.1 Å². The van der Waals surface area contributed by atoms with Crippen molar-refractivity contribution in [2.75, 3.05) is 5.32 Å². The Bertz CT molecular complexity index is 938. The van der Waals surface area contributed by atoms with E-state index in [9.17, 15) is 14.9 Å². The van der Waals surface area contributed by atoms with E-state index in [0.717, 1.165) is 37.7 Å². The van der Waals surface area contributed by atoms with Gasteiger partial charge in [0.2, 0.25) is 0 Å². The Hall–Kier alpha value is -2.66. The minimum absolute atomic E-state index is 0.266. The van der Waals surface area contributed by atoms with Crippen molar-refractivity contribution in [1.82, 2.24) is 5.16 Å². The predicted octanol–water partition coefficient (Wildman–Crippen LogP) is 3.93. The van der Waals surface area contributed by atoms with Crippen molar-refractivity contribution in [3.63, 3.8) is 0 Å². The molecule has 0 saturated carbocycles. The van der Waals surface area contributed by atoms with Crippen molar-refractivity contribution in [3.05, 3.63) is 33.0 Å². The Balaban J connectivity index is 1.72. The fourth-order valence-corrected chi connectivity index (χ4v) is 4.60. The highest BCUT2D eigenvalue weighted by Crippen LogP contribution is 2.37. The number of amides is 1. The van der Waals surface area contributed by atoms with Gasteiger partial charge in [-0.05, 0) is 51.5 Å². The molecule has 2 heterocycles. The summed E-state index contributed by atoms with van der Waals surface area (Å²) in [5, 5.41) is 16.7. The minimum atomic E-state index is -1.01. The van der Waals surface area contributed by atoms with E-state index in [0.29, 0.717) is 28.4 Å². The van der Waals surface area contributed by atoms with Gasteiger partial charge in [-0.1, -0.05) is 18.5 Å². The molecular weight excluding hydrogens is 378 g/mol. The van der Waals surface area contributed by atoms with Crippen LogP contribution < -0.4 is 5.32 Å². The maximum atomic E-state index is 12.6. The molecule has 3 rings (SSSR count). The highest BCUT2D eigenvalue weighted by atomic mass is 32.1. The zero-order valence-corrected chi connectivity index (χ0v) is 17.1. The highest BCUT2D eigenvalue weighted by Gasteiger charge is 2.27. The number of aromatic nitrogens is 1. The predicted molar refractivity (Wildman–Crippen MR) is 104 cm³/mol. The second kappa shape index (κ2) is 8.57. The maximum Gasteiger partial charge on any atom is 0.344 e. The number of nitrogens with zero attached hydrogens (tertiary/aromatic N) is 2. The number of nitrogens with one attached hydrogen (secondary N) is 1. The molecule has 0 aliphatic heterocycles. The Morgan fingerprint density at radius 2 is 2.11 bits per heavy atom. The number of anilines is 1. The first kappa shape index (κ1) is 20.1. The van der Waals surface area contributed by atoms with Crippen LogP contribution in [-0.4, -0.2) is 23.1 Å². The number of carbonyl (C=O) groups is 2. The lowest BCUT2D eigenvalue weighted by atomic mass is 10.1. The quantitative estimate of drug-likeness (QED) is 0.601. The number of rotatable bonds is 5. The van der Waals surface area contributed by atoms with Gasteiger partial charge in [0.1, 0.15) is 22.4 Å². The molecule has 0 aromatic carbocycles. The number of ether oxygens (including phenoxy) is 1. The molecule has 0 spiro atoms. The molecule has 0 saturated heterocycles. The Kier molecular flexibility index (Phi) is 6.15. The molecule has 8 heteroatoms. The lowest BCUT2D eigenvalue weighted by molar-refractivity contribution is -0.123. The van der Waals surface area contributed by atoms with Crippen molar-refractivity contribution >= 4 is 28.2 Å². The molecule has 7 nitrogen and oxygen atoms in total. The van der Waals surface area contributed by atoms with Gasteiger partial charge in [0.05, 0.1) is 11.3 Å². The Labute approximate surface area is 167 Å². The molecule has 0 unspecified atom stereocenters. The summed E-state index contributed by atoms with van der Waals surface area (Å²) < 4.78 is 10.4. The summed E-state index contributed by atoms with van der Waals surface area (Å²) in [6.07, 6.45) is 4.61. The number of carbonyl (C=O) groups excluding carboxylic acids is 2. The van der Waals surface area contributed by atoms with Crippen LogP contribution >= 0.6 is 11.3 Å². The zero-order valence-electron chi connectivity index (χ0n) is 16.3. The molecular formula is C20H23N3O4S. The number of esters is 1. The third-order valence-corrected chi connectivity index (χ3v) is 6.10. The summed E-state index contributed by atoms with van der Waals surface area (Å²) in [5.41, 5.74) is 2.36. The van der Waals surface area contributed by atoms with Crippen LogP contribution in [0.25, 0.3) is 0 Å². The lowest BCUT2D eigenvalue weighted by Gasteiger charge is -2.13. The third-order valence-electron chi connectivity index (χ3n) is 4.90. The topological polar surface area (TPSA) is 105 Å². The van der Waals surface area contributed by atoms with E-state index >= 15 is 0 Å². The van der Waals surface area contributed by atoms with Crippen molar-refractivity contribution in [2.24, 2.45) is 0 Å². The molecule has 0 radical (unpaired) electrons. The van der Waals surface area contributed by atoms with Crippen molar-refractivity contribution in [1.29, 1.82) is 5.26 Å². The number of fused-ring (bicyclic) bond motifs is 1. The van der Waals surface area contributed by atoms with E-state index in [2.05, 4.69) is 16.5 Å². The van der Waals surface area contributed by atoms with Crippen molar-refractivity contribution in [2.45, 2.75) is 65.4 Å². The van der Waals surface area contributed by atoms with Crippen LogP contribution in [0.15, 0.2) is 4.52 Å². The largest absolute Gasteiger partial charge is 0.449 e. The monoisotopic (exact) mass is 401 g/mol. The molecule has 28 heavy (non-hydrogen) atoms. The van der Waals surface area contributed by atoms with Gasteiger partial charge in [0, 0.05) is 4.88 Å².